The summed E-state index contributed by atoms with van der Waals surface area (Å²) in [6.45, 7) is 1.72. The van der Waals surface area contributed by atoms with Crippen LogP contribution in [0.3, 0.4) is 0 Å². The van der Waals surface area contributed by atoms with Gasteiger partial charge < -0.3 is 0 Å². The number of aromatic nitrogens is 2. The summed E-state index contributed by atoms with van der Waals surface area (Å²) in [6, 6.07) is 6.39. The molecule has 1 heterocycles. The Morgan fingerprint density at radius 1 is 1.48 bits per heavy atom. The zero-order valence-electron chi connectivity index (χ0n) is 11.2. The fourth-order valence-electron chi connectivity index (χ4n) is 1.79. The minimum absolute atomic E-state index is 0.0158. The van der Waals surface area contributed by atoms with Crippen molar-refractivity contribution in [3.63, 3.8) is 0 Å². The summed E-state index contributed by atoms with van der Waals surface area (Å²) in [4.78, 5) is 21.3. The number of carboxylic acid groups (broad SMARTS) is 1. The molecule has 8 nitrogen and oxygen atoms in total. The molecule has 0 fully saturated rings. The molecule has 0 amide bonds. The fourth-order valence-corrected chi connectivity index (χ4v) is 4.23. The van der Waals surface area contributed by atoms with E-state index < -0.39 is 26.8 Å². The first-order chi connectivity index (χ1) is 9.90. The van der Waals surface area contributed by atoms with E-state index in [1.807, 2.05) is 0 Å². The molecule has 0 saturated carbocycles. The van der Waals surface area contributed by atoms with Crippen molar-refractivity contribution in [2.75, 3.05) is 0 Å². The van der Waals surface area contributed by atoms with Crippen molar-refractivity contribution in [2.24, 2.45) is 7.05 Å². The molecule has 0 atom stereocenters. The van der Waals surface area contributed by atoms with Gasteiger partial charge in [-0.15, -0.1) is 0 Å². The molecule has 109 valence electrons. The standard InChI is InChI=1S/C12H11AsN3O5/c1-7-10(11(15(2)14-7)21-12(17)18)13-8-5-3-4-6-9(8)16(19)20/h3-6H,1-2H3,(H,17,18). The molecule has 0 aliphatic carbocycles. The van der Waals surface area contributed by atoms with Gasteiger partial charge in [-0.25, -0.2) is 0 Å². The second-order valence-corrected chi connectivity index (χ2v) is 6.51. The van der Waals surface area contributed by atoms with Crippen LogP contribution >= 0.6 is 0 Å². The van der Waals surface area contributed by atoms with Crippen LogP contribution < -0.4 is 13.4 Å². The molecule has 0 aliphatic rings. The minimum atomic E-state index is -1.44. The number of carbonyl (C=O) groups is 1. The Morgan fingerprint density at radius 2 is 2.14 bits per heavy atom. The number of aryl methyl sites for hydroxylation is 2. The van der Waals surface area contributed by atoms with E-state index >= 15 is 0 Å². The third-order valence-electron chi connectivity index (χ3n) is 2.63. The van der Waals surface area contributed by atoms with Crippen molar-refractivity contribution >= 4 is 36.3 Å². The van der Waals surface area contributed by atoms with Crippen LogP contribution in [0.5, 0.6) is 5.88 Å². The molecule has 9 heteroatoms. The monoisotopic (exact) mass is 352 g/mol. The van der Waals surface area contributed by atoms with Crippen LogP contribution in [0.2, 0.25) is 0 Å². The first-order valence-electron chi connectivity index (χ1n) is 5.79. The fraction of sp³-hybridized carbons (Fsp3) is 0.167. The van der Waals surface area contributed by atoms with E-state index in [0.717, 1.165) is 0 Å². The number of benzene rings is 1. The van der Waals surface area contributed by atoms with Crippen LogP contribution in [-0.4, -0.2) is 41.7 Å². The normalized spacial score (nSPS) is 11.0. The summed E-state index contributed by atoms with van der Waals surface area (Å²) in [5.41, 5.74) is 0.619. The van der Waals surface area contributed by atoms with E-state index in [2.05, 4.69) is 5.10 Å². The molecular formula is C12H11AsN3O5. The predicted octanol–water partition coefficient (Wildman–Crippen LogP) is 0.349. The van der Waals surface area contributed by atoms with E-state index in [0.29, 0.717) is 14.4 Å². The van der Waals surface area contributed by atoms with Crippen LogP contribution in [0.4, 0.5) is 10.5 Å². The van der Waals surface area contributed by atoms with Crippen molar-refractivity contribution in [3.05, 3.63) is 40.1 Å². The molecule has 1 N–H and O–H groups in total. The molecule has 1 radical (unpaired) electrons. The van der Waals surface area contributed by atoms with Gasteiger partial charge in [0, 0.05) is 0 Å². The van der Waals surface area contributed by atoms with E-state index in [1.54, 1.807) is 32.2 Å². The second kappa shape index (κ2) is 5.97. The molecule has 2 aromatic rings. The molecule has 0 unspecified atom stereocenters. The van der Waals surface area contributed by atoms with Crippen LogP contribution in [-0.2, 0) is 7.05 Å². The van der Waals surface area contributed by atoms with Gasteiger partial charge in [-0.2, -0.15) is 0 Å². The Balaban J connectivity index is 2.45. The Labute approximate surface area is 126 Å². The third-order valence-corrected chi connectivity index (χ3v) is 5.48. The molecule has 1 aromatic carbocycles. The molecule has 1 aromatic heterocycles. The summed E-state index contributed by atoms with van der Waals surface area (Å²) in [5, 5.41) is 23.9. The molecule has 21 heavy (non-hydrogen) atoms. The summed E-state index contributed by atoms with van der Waals surface area (Å²) in [5.74, 6) is 0.109. The zero-order chi connectivity index (χ0) is 15.6. The number of para-hydroxylation sites is 1. The van der Waals surface area contributed by atoms with Gasteiger partial charge in [0.2, 0.25) is 0 Å². The average molecular weight is 352 g/mol. The van der Waals surface area contributed by atoms with Gasteiger partial charge >= 0.3 is 126 Å². The van der Waals surface area contributed by atoms with Crippen molar-refractivity contribution < 1.29 is 19.6 Å². The van der Waals surface area contributed by atoms with Gasteiger partial charge in [-0.3, -0.25) is 0 Å². The van der Waals surface area contributed by atoms with Crippen molar-refractivity contribution in [1.29, 1.82) is 0 Å². The summed E-state index contributed by atoms with van der Waals surface area (Å²) in [6.07, 6.45) is -1.44. The first kappa shape index (κ1) is 15.1. The van der Waals surface area contributed by atoms with Gasteiger partial charge in [-0.05, 0) is 0 Å². The van der Waals surface area contributed by atoms with Crippen LogP contribution in [0.15, 0.2) is 24.3 Å². The summed E-state index contributed by atoms with van der Waals surface area (Å²) < 4.78 is 7.23. The van der Waals surface area contributed by atoms with Crippen molar-refractivity contribution in [1.82, 2.24) is 9.78 Å². The molecule has 0 saturated heterocycles. The molecule has 0 spiro atoms. The van der Waals surface area contributed by atoms with Gasteiger partial charge in [-0.1, -0.05) is 0 Å². The first-order valence-corrected chi connectivity index (χ1v) is 7.67. The number of rotatable bonds is 4. The Kier molecular flexibility index (Phi) is 4.28. The number of nitrogens with zero attached hydrogens (tertiary/aromatic N) is 3. The SMILES string of the molecule is Cc1nn(C)c(OC(=O)O)c1[As]c1ccccc1[N+](=O)[O-]. The number of nitro groups is 1. The molecule has 2 rings (SSSR count). The number of hydrogen-bond acceptors (Lipinski definition) is 5. The number of ether oxygens (including phenoxy) is 1. The molecule has 0 bridgehead atoms. The Bertz CT molecular complexity index is 713. The van der Waals surface area contributed by atoms with Crippen molar-refractivity contribution in [3.8, 4) is 5.88 Å². The van der Waals surface area contributed by atoms with E-state index in [4.69, 9.17) is 9.84 Å². The van der Waals surface area contributed by atoms with E-state index in [1.165, 1.54) is 10.7 Å². The molecular weight excluding hydrogens is 341 g/mol. The van der Waals surface area contributed by atoms with Gasteiger partial charge in [0.05, 0.1) is 0 Å². The van der Waals surface area contributed by atoms with Crippen molar-refractivity contribution in [2.45, 2.75) is 6.92 Å². The zero-order valence-corrected chi connectivity index (χ0v) is 13.1. The number of hydrogen-bond donors (Lipinski definition) is 1. The van der Waals surface area contributed by atoms with Crippen LogP contribution in [0, 0.1) is 17.0 Å². The predicted molar refractivity (Wildman–Crippen MR) is 74.7 cm³/mol. The second-order valence-electron chi connectivity index (χ2n) is 4.09. The summed E-state index contributed by atoms with van der Waals surface area (Å²) in [7, 11) is 1.56. The maximum atomic E-state index is 11.0. The van der Waals surface area contributed by atoms with Gasteiger partial charge in [0.15, 0.2) is 0 Å². The third kappa shape index (κ3) is 3.22. The summed E-state index contributed by atoms with van der Waals surface area (Å²) >= 11 is -0.823. The maximum absolute atomic E-state index is 11.0. The quantitative estimate of drug-likeness (QED) is 0.368. The van der Waals surface area contributed by atoms with Gasteiger partial charge in [0.25, 0.3) is 0 Å². The van der Waals surface area contributed by atoms with Gasteiger partial charge in [0.1, 0.15) is 0 Å². The van der Waals surface area contributed by atoms with Crippen LogP contribution in [0.25, 0.3) is 0 Å². The Hall–Kier alpha value is -2.34. The average Bonchev–Trinajstić information content (AvgIpc) is 2.65. The Morgan fingerprint density at radius 3 is 2.76 bits per heavy atom. The van der Waals surface area contributed by atoms with E-state index in [-0.39, 0.29) is 11.6 Å². The van der Waals surface area contributed by atoms with E-state index in [9.17, 15) is 14.9 Å². The molecule has 0 aliphatic heterocycles. The topological polar surface area (TPSA) is 107 Å². The van der Waals surface area contributed by atoms with Crippen LogP contribution in [0.1, 0.15) is 5.69 Å². The number of nitro benzene ring substituents is 1.